The first kappa shape index (κ1) is 11.1. The summed E-state index contributed by atoms with van der Waals surface area (Å²) in [5.41, 5.74) is 1.29. The largest absolute Gasteiger partial charge is 0.508 e. The van der Waals surface area contributed by atoms with E-state index in [0.717, 1.165) is 11.6 Å². The van der Waals surface area contributed by atoms with Crippen LogP contribution in [0.4, 0.5) is 0 Å². The molecule has 1 saturated carbocycles. The van der Waals surface area contributed by atoms with E-state index in [1.54, 1.807) is 6.20 Å². The van der Waals surface area contributed by atoms with Crippen molar-refractivity contribution in [3.05, 3.63) is 61.7 Å². The minimum atomic E-state index is -0.0182. The van der Waals surface area contributed by atoms with Gasteiger partial charge in [-0.2, -0.15) is 0 Å². The molecule has 0 aliphatic heterocycles. The smallest absolute Gasteiger partial charge is 0.121 e. The molecule has 1 aliphatic rings. The van der Waals surface area contributed by atoms with E-state index in [-0.39, 0.29) is 11.5 Å². The number of phenols is 2. The number of aromatic nitrogens is 3. The lowest BCUT2D eigenvalue weighted by molar-refractivity contribution is 0.449. The fourth-order valence-electron chi connectivity index (χ4n) is 1.78. The molecule has 0 atom stereocenters. The van der Waals surface area contributed by atoms with Crippen LogP contribution in [0.3, 0.4) is 0 Å². The maximum absolute atomic E-state index is 9.42. The third-order valence-corrected chi connectivity index (χ3v) is 2.60. The summed E-state index contributed by atoms with van der Waals surface area (Å²) in [6.07, 6.45) is 9.47. The summed E-state index contributed by atoms with van der Waals surface area (Å²) in [5, 5.41) is 26.9. The number of rotatable bonds is 2. The van der Waals surface area contributed by atoms with Gasteiger partial charge in [0.15, 0.2) is 0 Å². The van der Waals surface area contributed by atoms with Crippen molar-refractivity contribution in [2.75, 3.05) is 0 Å². The van der Waals surface area contributed by atoms with Gasteiger partial charge in [-0.1, -0.05) is 5.21 Å². The molecular weight excluding hydrogens is 230 g/mol. The number of nitrogens with zero attached hydrogens (tertiary/aromatic N) is 3. The van der Waals surface area contributed by atoms with Crippen molar-refractivity contribution in [3.8, 4) is 17.2 Å². The average molecular weight is 240 g/mol. The zero-order valence-corrected chi connectivity index (χ0v) is 9.35. The standard InChI is InChI=1S/C13H10N3O2/c17-11-5-10(6-12(18)7-11)16-8-13(14-15-16)9-3-1-2-4-9/h1-8,17-18H. The van der Waals surface area contributed by atoms with Crippen LogP contribution in [-0.2, 0) is 0 Å². The summed E-state index contributed by atoms with van der Waals surface area (Å²) in [6, 6.07) is 4.27. The van der Waals surface area contributed by atoms with Crippen LogP contribution in [0.5, 0.6) is 11.5 Å². The van der Waals surface area contributed by atoms with Gasteiger partial charge in [-0.05, 0) is 25.7 Å². The van der Waals surface area contributed by atoms with Crippen LogP contribution in [0.2, 0.25) is 0 Å². The van der Waals surface area contributed by atoms with Crippen LogP contribution >= 0.6 is 0 Å². The molecule has 3 rings (SSSR count). The van der Waals surface area contributed by atoms with E-state index < -0.39 is 0 Å². The second-order valence-electron chi connectivity index (χ2n) is 3.93. The molecule has 5 radical (unpaired) electrons. The summed E-state index contributed by atoms with van der Waals surface area (Å²) in [4.78, 5) is 0. The Bertz CT molecular complexity index is 539. The van der Waals surface area contributed by atoms with E-state index >= 15 is 0 Å². The topological polar surface area (TPSA) is 71.2 Å². The van der Waals surface area contributed by atoms with Crippen LogP contribution in [0.15, 0.2) is 24.4 Å². The highest BCUT2D eigenvalue weighted by Gasteiger charge is 2.22. The molecule has 0 amide bonds. The van der Waals surface area contributed by atoms with E-state index in [0.29, 0.717) is 5.69 Å². The molecule has 5 nitrogen and oxygen atoms in total. The molecule has 18 heavy (non-hydrogen) atoms. The van der Waals surface area contributed by atoms with Gasteiger partial charge in [0.05, 0.1) is 17.6 Å². The maximum atomic E-state index is 9.42. The van der Waals surface area contributed by atoms with Gasteiger partial charge in [0, 0.05) is 24.1 Å². The van der Waals surface area contributed by atoms with Gasteiger partial charge < -0.3 is 10.2 Å². The molecule has 1 heterocycles. The van der Waals surface area contributed by atoms with Gasteiger partial charge in [-0.15, -0.1) is 5.10 Å². The van der Waals surface area contributed by atoms with Crippen molar-refractivity contribution in [1.82, 2.24) is 15.0 Å². The Morgan fingerprint density at radius 1 is 0.944 bits per heavy atom. The quantitative estimate of drug-likeness (QED) is 0.833. The molecule has 2 N–H and O–H groups in total. The summed E-state index contributed by atoms with van der Waals surface area (Å²) < 4.78 is 1.50. The number of aromatic hydroxyl groups is 2. The normalized spacial score (nSPS) is 16.2. The van der Waals surface area contributed by atoms with Gasteiger partial charge in [-0.3, -0.25) is 0 Å². The predicted octanol–water partition coefficient (Wildman–Crippen LogP) is 1.43. The Labute approximate surface area is 105 Å². The molecule has 0 saturated heterocycles. The second-order valence-corrected chi connectivity index (χ2v) is 3.93. The first-order valence-corrected chi connectivity index (χ1v) is 5.40. The van der Waals surface area contributed by atoms with Crippen LogP contribution in [-0.4, -0.2) is 25.2 Å². The first-order chi connectivity index (χ1) is 8.72. The van der Waals surface area contributed by atoms with Crippen molar-refractivity contribution in [2.24, 2.45) is 0 Å². The van der Waals surface area contributed by atoms with E-state index in [4.69, 9.17) is 0 Å². The summed E-state index contributed by atoms with van der Waals surface area (Å²) in [7, 11) is 0. The molecule has 1 fully saturated rings. The number of benzene rings is 1. The van der Waals surface area contributed by atoms with E-state index in [9.17, 15) is 10.2 Å². The summed E-state index contributed by atoms with van der Waals surface area (Å²) in [5.74, 6) is 0.941. The minimum Gasteiger partial charge on any atom is -0.508 e. The van der Waals surface area contributed by atoms with Crippen LogP contribution in [0.25, 0.3) is 5.69 Å². The summed E-state index contributed by atoms with van der Waals surface area (Å²) >= 11 is 0. The van der Waals surface area contributed by atoms with E-state index in [1.165, 1.54) is 22.9 Å². The van der Waals surface area contributed by atoms with Crippen molar-refractivity contribution >= 4 is 0 Å². The Kier molecular flexibility index (Phi) is 2.66. The molecular formula is C13H10N3O2. The molecule has 0 unspecified atom stereocenters. The lowest BCUT2D eigenvalue weighted by atomic mass is 10.1. The Morgan fingerprint density at radius 2 is 1.61 bits per heavy atom. The maximum Gasteiger partial charge on any atom is 0.121 e. The van der Waals surface area contributed by atoms with E-state index in [2.05, 4.69) is 10.3 Å². The van der Waals surface area contributed by atoms with Crippen molar-refractivity contribution in [1.29, 1.82) is 0 Å². The van der Waals surface area contributed by atoms with Gasteiger partial charge >= 0.3 is 0 Å². The van der Waals surface area contributed by atoms with Crippen LogP contribution < -0.4 is 0 Å². The summed E-state index contributed by atoms with van der Waals surface area (Å²) in [6.45, 7) is 0. The molecule has 5 heteroatoms. The molecule has 1 aromatic carbocycles. The second kappa shape index (κ2) is 4.33. The molecule has 2 aromatic rings. The average Bonchev–Trinajstić information content (AvgIpc) is 2.99. The fraction of sp³-hybridized carbons (Fsp3) is 0. The Hall–Kier alpha value is -2.04. The lowest BCUT2D eigenvalue weighted by Crippen LogP contribution is -1.95. The van der Waals surface area contributed by atoms with E-state index in [1.807, 2.05) is 25.7 Å². The molecule has 1 aliphatic carbocycles. The number of hydrogen-bond acceptors (Lipinski definition) is 4. The molecule has 0 spiro atoms. The predicted molar refractivity (Wildman–Crippen MR) is 64.2 cm³/mol. The highest BCUT2D eigenvalue weighted by molar-refractivity contribution is 5.48. The zero-order valence-electron chi connectivity index (χ0n) is 9.35. The van der Waals surface area contributed by atoms with Gasteiger partial charge in [0.25, 0.3) is 0 Å². The van der Waals surface area contributed by atoms with Gasteiger partial charge in [0.2, 0.25) is 0 Å². The van der Waals surface area contributed by atoms with Crippen LogP contribution in [0.1, 0.15) is 5.69 Å². The van der Waals surface area contributed by atoms with Crippen molar-refractivity contribution in [2.45, 2.75) is 0 Å². The Morgan fingerprint density at radius 3 is 2.28 bits per heavy atom. The van der Waals surface area contributed by atoms with Crippen molar-refractivity contribution < 1.29 is 10.2 Å². The number of phenolic OH excluding ortho intramolecular Hbond substituents is 2. The molecule has 89 valence electrons. The van der Waals surface area contributed by atoms with Gasteiger partial charge in [0.1, 0.15) is 11.5 Å². The monoisotopic (exact) mass is 240 g/mol. The highest BCUT2D eigenvalue weighted by atomic mass is 16.3. The lowest BCUT2D eigenvalue weighted by Gasteiger charge is -2.03. The highest BCUT2D eigenvalue weighted by Crippen LogP contribution is 2.29. The SMILES string of the molecule is Oc1cc(O)cc(-n2cc([C]3[CH][CH][CH][CH]3)nn2)c1. The zero-order chi connectivity index (χ0) is 12.5. The molecule has 0 bridgehead atoms. The van der Waals surface area contributed by atoms with Crippen LogP contribution in [0, 0.1) is 31.6 Å². The third-order valence-electron chi connectivity index (χ3n) is 2.60. The Balaban J connectivity index is 1.92. The molecule has 1 aromatic heterocycles. The fourth-order valence-corrected chi connectivity index (χ4v) is 1.78. The minimum absolute atomic E-state index is 0.0182. The third kappa shape index (κ3) is 2.03. The number of hydrogen-bond donors (Lipinski definition) is 2. The van der Waals surface area contributed by atoms with Crippen molar-refractivity contribution in [3.63, 3.8) is 0 Å². The first-order valence-electron chi connectivity index (χ1n) is 5.40. The van der Waals surface area contributed by atoms with Gasteiger partial charge in [-0.25, -0.2) is 4.68 Å².